The first kappa shape index (κ1) is 13.8. The van der Waals surface area contributed by atoms with E-state index in [1.165, 1.54) is 11.5 Å². The second-order valence-corrected chi connectivity index (χ2v) is 7.78. The molecule has 1 aliphatic heterocycles. The molecule has 96 valence electrons. The van der Waals surface area contributed by atoms with Gasteiger partial charge in [-0.05, 0) is 29.8 Å². The Morgan fingerprint density at radius 2 is 2.29 bits per heavy atom. The van der Waals surface area contributed by atoms with E-state index in [-0.39, 0.29) is 6.04 Å². The second kappa shape index (κ2) is 5.99. The molecule has 0 radical (unpaired) electrons. The molecule has 1 fully saturated rings. The summed E-state index contributed by atoms with van der Waals surface area (Å²) >= 11 is 7.57. The Bertz CT molecular complexity index is 375. The molecule has 2 heterocycles. The van der Waals surface area contributed by atoms with Crippen molar-refractivity contribution in [2.75, 3.05) is 17.3 Å². The van der Waals surface area contributed by atoms with Crippen molar-refractivity contribution in [3.8, 4) is 0 Å². The first-order valence-electron chi connectivity index (χ1n) is 5.79. The standard InChI is InChI=1S/C11H18BrN3S2/c1-7(2)15-11(8(12)5-14-15)10(13)9-6-16-3-4-17-9/h5,7,9-10H,3-4,6,13H2,1-2H3. The van der Waals surface area contributed by atoms with Crippen molar-refractivity contribution >= 4 is 39.5 Å². The predicted molar refractivity (Wildman–Crippen MR) is 80.8 cm³/mol. The third-order valence-corrected chi connectivity index (χ3v) is 6.33. The smallest absolute Gasteiger partial charge is 0.0708 e. The largest absolute Gasteiger partial charge is 0.322 e. The van der Waals surface area contributed by atoms with Crippen LogP contribution in [0.1, 0.15) is 31.6 Å². The van der Waals surface area contributed by atoms with Crippen LogP contribution in [-0.2, 0) is 0 Å². The van der Waals surface area contributed by atoms with Crippen molar-refractivity contribution in [1.82, 2.24) is 9.78 Å². The van der Waals surface area contributed by atoms with Crippen molar-refractivity contribution in [3.63, 3.8) is 0 Å². The van der Waals surface area contributed by atoms with Crippen molar-refractivity contribution in [2.24, 2.45) is 5.73 Å². The Labute approximate surface area is 119 Å². The summed E-state index contributed by atoms with van der Waals surface area (Å²) in [5.41, 5.74) is 7.57. The van der Waals surface area contributed by atoms with E-state index in [1.807, 2.05) is 34.4 Å². The highest BCUT2D eigenvalue weighted by Gasteiger charge is 2.27. The van der Waals surface area contributed by atoms with Crippen LogP contribution >= 0.6 is 39.5 Å². The number of halogens is 1. The lowest BCUT2D eigenvalue weighted by Crippen LogP contribution is -2.31. The molecule has 0 aromatic carbocycles. The van der Waals surface area contributed by atoms with E-state index in [9.17, 15) is 0 Å². The molecule has 1 aromatic rings. The van der Waals surface area contributed by atoms with Gasteiger partial charge in [0, 0.05) is 28.6 Å². The van der Waals surface area contributed by atoms with Crippen LogP contribution in [0.2, 0.25) is 0 Å². The van der Waals surface area contributed by atoms with Gasteiger partial charge in [-0.3, -0.25) is 4.68 Å². The Morgan fingerprint density at radius 1 is 1.53 bits per heavy atom. The molecule has 1 saturated heterocycles. The van der Waals surface area contributed by atoms with E-state index >= 15 is 0 Å². The number of rotatable bonds is 3. The first-order valence-corrected chi connectivity index (χ1v) is 8.78. The number of nitrogens with zero attached hydrogens (tertiary/aromatic N) is 2. The average molecular weight is 336 g/mol. The van der Waals surface area contributed by atoms with E-state index in [4.69, 9.17) is 5.73 Å². The van der Waals surface area contributed by atoms with Crippen LogP contribution in [-0.4, -0.2) is 32.3 Å². The summed E-state index contributed by atoms with van der Waals surface area (Å²) in [4.78, 5) is 0. The van der Waals surface area contributed by atoms with Crippen molar-refractivity contribution < 1.29 is 0 Å². The minimum absolute atomic E-state index is 0.0621. The summed E-state index contributed by atoms with van der Waals surface area (Å²) in [5, 5.41) is 4.90. The van der Waals surface area contributed by atoms with Gasteiger partial charge in [0.05, 0.1) is 22.4 Å². The molecule has 3 nitrogen and oxygen atoms in total. The topological polar surface area (TPSA) is 43.8 Å². The van der Waals surface area contributed by atoms with Gasteiger partial charge >= 0.3 is 0 Å². The van der Waals surface area contributed by atoms with Crippen molar-refractivity contribution in [3.05, 3.63) is 16.4 Å². The number of thioether (sulfide) groups is 2. The highest BCUT2D eigenvalue weighted by atomic mass is 79.9. The molecule has 0 bridgehead atoms. The van der Waals surface area contributed by atoms with Crippen LogP contribution in [0.3, 0.4) is 0 Å². The molecule has 17 heavy (non-hydrogen) atoms. The van der Waals surface area contributed by atoms with Gasteiger partial charge in [-0.15, -0.1) is 0 Å². The Balaban J connectivity index is 2.22. The van der Waals surface area contributed by atoms with E-state index < -0.39 is 0 Å². The van der Waals surface area contributed by atoms with E-state index in [0.29, 0.717) is 11.3 Å². The summed E-state index contributed by atoms with van der Waals surface area (Å²) in [6.07, 6.45) is 1.86. The lowest BCUT2D eigenvalue weighted by molar-refractivity contribution is 0.484. The lowest BCUT2D eigenvalue weighted by Gasteiger charge is -2.28. The molecule has 2 rings (SSSR count). The molecule has 2 N–H and O–H groups in total. The molecule has 0 spiro atoms. The number of aromatic nitrogens is 2. The van der Waals surface area contributed by atoms with Crippen LogP contribution in [0, 0.1) is 0 Å². The van der Waals surface area contributed by atoms with Gasteiger partial charge in [-0.1, -0.05) is 0 Å². The summed E-state index contributed by atoms with van der Waals surface area (Å²) < 4.78 is 3.07. The fraction of sp³-hybridized carbons (Fsp3) is 0.727. The molecular weight excluding hydrogens is 318 g/mol. The van der Waals surface area contributed by atoms with Gasteiger partial charge in [0.2, 0.25) is 0 Å². The van der Waals surface area contributed by atoms with E-state index in [0.717, 1.165) is 15.9 Å². The third kappa shape index (κ3) is 3.03. The number of nitrogens with two attached hydrogens (primary N) is 1. The second-order valence-electron chi connectivity index (χ2n) is 4.43. The summed E-state index contributed by atoms with van der Waals surface area (Å²) in [5.74, 6) is 3.59. The summed E-state index contributed by atoms with van der Waals surface area (Å²) in [6.45, 7) is 4.27. The SMILES string of the molecule is CC(C)n1ncc(Br)c1C(N)C1CSCCS1. The monoisotopic (exact) mass is 335 g/mol. The maximum Gasteiger partial charge on any atom is 0.0708 e. The van der Waals surface area contributed by atoms with Crippen molar-refractivity contribution in [1.29, 1.82) is 0 Å². The molecule has 0 aliphatic carbocycles. The molecule has 2 atom stereocenters. The first-order chi connectivity index (χ1) is 8.11. The van der Waals surface area contributed by atoms with Gasteiger partial charge in [0.25, 0.3) is 0 Å². The van der Waals surface area contributed by atoms with Gasteiger partial charge in [-0.2, -0.15) is 28.6 Å². The Morgan fingerprint density at radius 3 is 2.88 bits per heavy atom. The molecule has 1 aromatic heterocycles. The Kier molecular flexibility index (Phi) is 4.86. The highest BCUT2D eigenvalue weighted by Crippen LogP contribution is 2.35. The van der Waals surface area contributed by atoms with Crippen molar-refractivity contribution in [2.45, 2.75) is 31.2 Å². The molecule has 0 amide bonds. The lowest BCUT2D eigenvalue weighted by atomic mass is 10.1. The zero-order chi connectivity index (χ0) is 12.4. The van der Waals surface area contributed by atoms with E-state index in [2.05, 4.69) is 34.9 Å². The predicted octanol–water partition coefficient (Wildman–Crippen LogP) is 3.07. The minimum atomic E-state index is 0.0621. The fourth-order valence-electron chi connectivity index (χ4n) is 1.96. The minimum Gasteiger partial charge on any atom is -0.322 e. The van der Waals surface area contributed by atoms with E-state index in [1.54, 1.807) is 0 Å². The van der Waals surface area contributed by atoms with Crippen LogP contribution in [0.25, 0.3) is 0 Å². The number of hydrogen-bond donors (Lipinski definition) is 1. The summed E-state index contributed by atoms with van der Waals surface area (Å²) in [7, 11) is 0. The molecule has 1 aliphatic rings. The molecule has 6 heteroatoms. The van der Waals surface area contributed by atoms with Gasteiger partial charge < -0.3 is 5.73 Å². The normalized spacial score (nSPS) is 23.0. The molecular formula is C11H18BrN3S2. The van der Waals surface area contributed by atoms with Crippen LogP contribution in [0.4, 0.5) is 0 Å². The van der Waals surface area contributed by atoms with Gasteiger partial charge in [0.1, 0.15) is 0 Å². The maximum absolute atomic E-state index is 6.43. The summed E-state index contributed by atoms with van der Waals surface area (Å²) in [6, 6.07) is 0.413. The maximum atomic E-state index is 6.43. The van der Waals surface area contributed by atoms with Crippen LogP contribution in [0.5, 0.6) is 0 Å². The zero-order valence-electron chi connectivity index (χ0n) is 10.1. The average Bonchev–Trinajstić information content (AvgIpc) is 2.71. The van der Waals surface area contributed by atoms with Crippen LogP contribution in [0.15, 0.2) is 10.7 Å². The third-order valence-electron chi connectivity index (χ3n) is 2.83. The number of hydrogen-bond acceptors (Lipinski definition) is 4. The highest BCUT2D eigenvalue weighted by molar-refractivity contribution is 9.10. The fourth-order valence-corrected chi connectivity index (χ4v) is 5.28. The molecule has 0 saturated carbocycles. The zero-order valence-corrected chi connectivity index (χ0v) is 13.3. The Hall–Kier alpha value is 0.350. The van der Waals surface area contributed by atoms with Gasteiger partial charge in [0.15, 0.2) is 0 Å². The van der Waals surface area contributed by atoms with Crippen LogP contribution < -0.4 is 5.73 Å². The molecule has 2 unspecified atom stereocenters. The quantitative estimate of drug-likeness (QED) is 0.921. The van der Waals surface area contributed by atoms with Gasteiger partial charge in [-0.25, -0.2) is 0 Å².